The summed E-state index contributed by atoms with van der Waals surface area (Å²) in [6.07, 6.45) is 4.47. The number of amides is 2. The summed E-state index contributed by atoms with van der Waals surface area (Å²) in [5, 5.41) is 7.85. The second-order valence-corrected chi connectivity index (χ2v) is 7.78. The summed E-state index contributed by atoms with van der Waals surface area (Å²) in [4.78, 5) is 26.4. The summed E-state index contributed by atoms with van der Waals surface area (Å²) in [6.45, 7) is 3.08. The summed E-state index contributed by atoms with van der Waals surface area (Å²) in [7, 11) is 0. The highest BCUT2D eigenvalue weighted by Crippen LogP contribution is 2.29. The Morgan fingerprint density at radius 2 is 1.90 bits per heavy atom. The summed E-state index contributed by atoms with van der Waals surface area (Å²) >= 11 is 6.52. The van der Waals surface area contributed by atoms with Crippen LogP contribution in [0.3, 0.4) is 0 Å². The van der Waals surface area contributed by atoms with E-state index in [0.717, 1.165) is 23.4 Å². The summed E-state index contributed by atoms with van der Waals surface area (Å²) < 4.78 is 1.72. The zero-order valence-corrected chi connectivity index (χ0v) is 18.0. The van der Waals surface area contributed by atoms with Crippen LogP contribution in [0.25, 0.3) is 6.08 Å². The van der Waals surface area contributed by atoms with E-state index < -0.39 is 0 Å². The van der Waals surface area contributed by atoms with E-state index in [1.165, 1.54) is 6.08 Å². The first-order valence-electron chi connectivity index (χ1n) is 10.2. The average molecular weight is 435 g/mol. The number of hydrogen-bond donors (Lipinski definition) is 1. The molecule has 4 rings (SSSR count). The number of aryl methyl sites for hydroxylation is 1. The molecule has 0 aliphatic carbocycles. The Morgan fingerprint density at radius 3 is 2.65 bits per heavy atom. The lowest BCUT2D eigenvalue weighted by Crippen LogP contribution is -2.25. The zero-order valence-electron chi connectivity index (χ0n) is 17.2. The Balaban J connectivity index is 1.49. The van der Waals surface area contributed by atoms with Crippen LogP contribution in [0.2, 0.25) is 5.15 Å². The van der Waals surface area contributed by atoms with Crippen LogP contribution in [0.1, 0.15) is 29.7 Å². The molecule has 158 valence electrons. The van der Waals surface area contributed by atoms with Crippen molar-refractivity contribution in [2.75, 3.05) is 16.8 Å². The third-order valence-corrected chi connectivity index (χ3v) is 5.61. The molecular formula is C24H23ClN4O2. The number of anilines is 2. The smallest absolute Gasteiger partial charge is 0.248 e. The van der Waals surface area contributed by atoms with Gasteiger partial charge in [-0.25, -0.2) is 4.68 Å². The molecule has 6 nitrogen and oxygen atoms in total. The van der Waals surface area contributed by atoms with Crippen LogP contribution in [0.15, 0.2) is 60.7 Å². The Morgan fingerprint density at radius 1 is 1.16 bits per heavy atom. The molecular weight excluding hydrogens is 412 g/mol. The van der Waals surface area contributed by atoms with Crippen molar-refractivity contribution in [1.82, 2.24) is 9.78 Å². The zero-order chi connectivity index (χ0) is 21.8. The van der Waals surface area contributed by atoms with Crippen molar-refractivity contribution in [3.63, 3.8) is 0 Å². The van der Waals surface area contributed by atoms with Gasteiger partial charge in [0.15, 0.2) is 0 Å². The van der Waals surface area contributed by atoms with Crippen LogP contribution in [-0.2, 0) is 16.1 Å². The summed E-state index contributed by atoms with van der Waals surface area (Å²) in [5.74, 6) is -0.226. The molecule has 31 heavy (non-hydrogen) atoms. The minimum atomic E-state index is -0.301. The SMILES string of the molecule is Cc1nn(Cc2ccccc2)c(Cl)c1/C=C/C(=O)Nc1ccccc1N1CCCC1=O. The number of benzene rings is 2. The molecule has 0 radical (unpaired) electrons. The van der Waals surface area contributed by atoms with Crippen LogP contribution in [0.4, 0.5) is 11.4 Å². The molecule has 2 amide bonds. The summed E-state index contributed by atoms with van der Waals surface area (Å²) in [6, 6.07) is 17.3. The highest BCUT2D eigenvalue weighted by molar-refractivity contribution is 6.31. The van der Waals surface area contributed by atoms with Crippen LogP contribution in [-0.4, -0.2) is 28.1 Å². The van der Waals surface area contributed by atoms with E-state index >= 15 is 0 Å². The topological polar surface area (TPSA) is 67.2 Å². The maximum atomic E-state index is 12.6. The van der Waals surface area contributed by atoms with Gasteiger partial charge in [-0.2, -0.15) is 5.10 Å². The van der Waals surface area contributed by atoms with Gasteiger partial charge in [0, 0.05) is 24.6 Å². The Labute approximate surface area is 186 Å². The van der Waals surface area contributed by atoms with Gasteiger partial charge >= 0.3 is 0 Å². The first kappa shape index (κ1) is 20.9. The third kappa shape index (κ3) is 4.70. The number of rotatable bonds is 6. The Bertz CT molecular complexity index is 1140. The molecule has 0 spiro atoms. The summed E-state index contributed by atoms with van der Waals surface area (Å²) in [5.41, 5.74) is 3.86. The highest BCUT2D eigenvalue weighted by Gasteiger charge is 2.24. The van der Waals surface area contributed by atoms with Gasteiger partial charge in [0.25, 0.3) is 0 Å². The third-order valence-electron chi connectivity index (χ3n) is 5.21. The minimum Gasteiger partial charge on any atom is -0.321 e. The number of hydrogen-bond acceptors (Lipinski definition) is 3. The fourth-order valence-electron chi connectivity index (χ4n) is 3.67. The van der Waals surface area contributed by atoms with Gasteiger partial charge in [-0.05, 0) is 37.1 Å². The van der Waals surface area contributed by atoms with Crippen molar-refractivity contribution >= 4 is 40.9 Å². The molecule has 0 bridgehead atoms. The molecule has 1 fully saturated rings. The van der Waals surface area contributed by atoms with E-state index in [1.807, 2.05) is 55.5 Å². The normalized spacial score (nSPS) is 13.9. The van der Waals surface area contributed by atoms with E-state index in [2.05, 4.69) is 10.4 Å². The number of carbonyl (C=O) groups excluding carboxylic acids is 2. The van der Waals surface area contributed by atoms with Crippen molar-refractivity contribution < 1.29 is 9.59 Å². The fraction of sp³-hybridized carbons (Fsp3) is 0.208. The lowest BCUT2D eigenvalue weighted by atomic mass is 10.2. The molecule has 0 unspecified atom stereocenters. The standard InChI is InChI=1S/C24H23ClN4O2/c1-17-19(24(25)29(27-17)16-18-8-3-2-4-9-18)13-14-22(30)26-20-10-5-6-11-21(20)28-15-7-12-23(28)31/h2-6,8-11,13-14H,7,12,15-16H2,1H3,(H,26,30)/b14-13+. The monoisotopic (exact) mass is 434 g/mol. The van der Waals surface area contributed by atoms with Crippen molar-refractivity contribution in [1.29, 1.82) is 0 Å². The van der Waals surface area contributed by atoms with Gasteiger partial charge in [0.2, 0.25) is 11.8 Å². The van der Waals surface area contributed by atoms with Crippen molar-refractivity contribution in [2.24, 2.45) is 0 Å². The van der Waals surface area contributed by atoms with E-state index in [9.17, 15) is 9.59 Å². The van der Waals surface area contributed by atoms with Gasteiger partial charge in [-0.3, -0.25) is 9.59 Å². The Kier molecular flexibility index (Phi) is 6.18. The molecule has 1 N–H and O–H groups in total. The largest absolute Gasteiger partial charge is 0.321 e. The van der Waals surface area contributed by atoms with Crippen molar-refractivity contribution in [3.05, 3.63) is 82.6 Å². The molecule has 2 aromatic carbocycles. The van der Waals surface area contributed by atoms with Gasteiger partial charge < -0.3 is 10.2 Å². The molecule has 0 atom stereocenters. The van der Waals surface area contributed by atoms with Crippen molar-refractivity contribution in [3.8, 4) is 0 Å². The molecule has 1 aliphatic heterocycles. The number of aromatic nitrogens is 2. The first-order valence-corrected chi connectivity index (χ1v) is 10.6. The number of nitrogens with zero attached hydrogens (tertiary/aromatic N) is 3. The quantitative estimate of drug-likeness (QED) is 0.573. The second-order valence-electron chi connectivity index (χ2n) is 7.42. The predicted molar refractivity (Wildman–Crippen MR) is 123 cm³/mol. The maximum absolute atomic E-state index is 12.6. The molecule has 0 saturated carbocycles. The van der Waals surface area contributed by atoms with E-state index in [-0.39, 0.29) is 11.8 Å². The van der Waals surface area contributed by atoms with E-state index in [4.69, 9.17) is 11.6 Å². The molecule has 3 aromatic rings. The fourth-order valence-corrected chi connectivity index (χ4v) is 3.97. The van der Waals surface area contributed by atoms with Crippen LogP contribution in [0, 0.1) is 6.92 Å². The minimum absolute atomic E-state index is 0.0745. The predicted octanol–water partition coefficient (Wildman–Crippen LogP) is 4.67. The van der Waals surface area contributed by atoms with Crippen LogP contribution in [0.5, 0.6) is 0 Å². The first-order chi connectivity index (χ1) is 15.0. The van der Waals surface area contributed by atoms with Gasteiger partial charge in [0.05, 0.1) is 23.6 Å². The molecule has 1 aliphatic rings. The molecule has 2 heterocycles. The molecule has 1 aromatic heterocycles. The Hall–Kier alpha value is -3.38. The van der Waals surface area contributed by atoms with Crippen LogP contribution < -0.4 is 10.2 Å². The number of para-hydroxylation sites is 2. The van der Waals surface area contributed by atoms with Gasteiger partial charge in [0.1, 0.15) is 5.15 Å². The second kappa shape index (κ2) is 9.18. The number of halogens is 1. The van der Waals surface area contributed by atoms with Crippen molar-refractivity contribution in [2.45, 2.75) is 26.3 Å². The van der Waals surface area contributed by atoms with Crippen LogP contribution >= 0.6 is 11.6 Å². The maximum Gasteiger partial charge on any atom is 0.248 e. The molecule has 7 heteroatoms. The number of nitrogens with one attached hydrogen (secondary N) is 1. The number of carbonyl (C=O) groups is 2. The van der Waals surface area contributed by atoms with Gasteiger partial charge in [-0.1, -0.05) is 54.1 Å². The van der Waals surface area contributed by atoms with E-state index in [0.29, 0.717) is 35.9 Å². The van der Waals surface area contributed by atoms with Gasteiger partial charge in [-0.15, -0.1) is 0 Å². The molecule has 1 saturated heterocycles. The lowest BCUT2D eigenvalue weighted by Gasteiger charge is -2.19. The van der Waals surface area contributed by atoms with E-state index in [1.54, 1.807) is 21.7 Å². The highest BCUT2D eigenvalue weighted by atomic mass is 35.5. The lowest BCUT2D eigenvalue weighted by molar-refractivity contribution is -0.117. The average Bonchev–Trinajstić information content (AvgIpc) is 3.30.